The van der Waals surface area contributed by atoms with Gasteiger partial charge in [0.05, 0.1) is 23.9 Å². The molecule has 0 saturated carbocycles. The molecule has 2 saturated heterocycles. The first-order valence-corrected chi connectivity index (χ1v) is 6.73. The molecule has 0 N–H and O–H groups in total. The Balaban J connectivity index is 1.88. The van der Waals surface area contributed by atoms with Gasteiger partial charge in [0, 0.05) is 7.05 Å². The molecule has 0 radical (unpaired) electrons. The molecular formula is C14H18N2O4. The van der Waals surface area contributed by atoms with E-state index in [1.54, 1.807) is 20.8 Å². The number of ether oxygens (including phenoxy) is 1. The monoisotopic (exact) mass is 278 g/mol. The summed E-state index contributed by atoms with van der Waals surface area (Å²) in [5.41, 5.74) is -0.598. The normalized spacial score (nSPS) is 35.0. The van der Waals surface area contributed by atoms with Crippen LogP contribution in [0.25, 0.3) is 0 Å². The SMILES string of the molecule is CN1C(=O)[C@@H]2[C@H](C1=O)[C@H]1C=C[C@@H]2N1C(=O)OC(C)(C)C. The van der Waals surface area contributed by atoms with Gasteiger partial charge in [0.2, 0.25) is 11.8 Å². The van der Waals surface area contributed by atoms with Gasteiger partial charge < -0.3 is 4.74 Å². The fourth-order valence-corrected chi connectivity index (χ4v) is 3.34. The molecule has 0 aromatic heterocycles. The van der Waals surface area contributed by atoms with Crippen LogP contribution in [0.15, 0.2) is 12.2 Å². The van der Waals surface area contributed by atoms with Crippen LogP contribution < -0.4 is 0 Å². The second-order valence-electron chi connectivity index (χ2n) is 6.54. The molecule has 0 aliphatic carbocycles. The summed E-state index contributed by atoms with van der Waals surface area (Å²) in [4.78, 5) is 39.2. The molecule has 0 spiro atoms. The van der Waals surface area contributed by atoms with Crippen molar-refractivity contribution in [2.45, 2.75) is 38.5 Å². The molecule has 4 atom stereocenters. The van der Waals surface area contributed by atoms with E-state index in [4.69, 9.17) is 4.74 Å². The van der Waals surface area contributed by atoms with Crippen molar-refractivity contribution in [1.29, 1.82) is 0 Å². The zero-order valence-corrected chi connectivity index (χ0v) is 12.0. The second-order valence-corrected chi connectivity index (χ2v) is 6.54. The standard InChI is InChI=1S/C14H18N2O4/c1-14(2,3)20-13(19)16-7-5-6-8(16)10-9(7)11(17)15(4)12(10)18/h5-10H,1-4H3/t7-,8+,9-,10+. The van der Waals surface area contributed by atoms with Crippen molar-refractivity contribution >= 4 is 17.9 Å². The molecule has 3 aliphatic rings. The molecule has 2 fully saturated rings. The summed E-state index contributed by atoms with van der Waals surface area (Å²) in [6.45, 7) is 5.38. The molecule has 3 amide bonds. The number of hydrogen-bond donors (Lipinski definition) is 0. The molecule has 2 bridgehead atoms. The molecular weight excluding hydrogens is 260 g/mol. The van der Waals surface area contributed by atoms with Gasteiger partial charge in [0.1, 0.15) is 5.60 Å². The first-order chi connectivity index (χ1) is 9.22. The smallest absolute Gasteiger partial charge is 0.411 e. The number of rotatable bonds is 0. The molecule has 3 rings (SSSR count). The van der Waals surface area contributed by atoms with Crippen molar-refractivity contribution in [2.75, 3.05) is 7.05 Å². The summed E-state index contributed by atoms with van der Waals surface area (Å²) < 4.78 is 5.38. The number of carbonyl (C=O) groups is 3. The highest BCUT2D eigenvalue weighted by molar-refractivity contribution is 6.07. The number of imide groups is 1. The van der Waals surface area contributed by atoms with Crippen LogP contribution in [0.1, 0.15) is 20.8 Å². The maximum absolute atomic E-state index is 12.3. The average Bonchev–Trinajstić information content (AvgIpc) is 2.94. The topological polar surface area (TPSA) is 66.9 Å². The van der Waals surface area contributed by atoms with E-state index < -0.39 is 23.5 Å². The molecule has 0 unspecified atom stereocenters. The third-order valence-corrected chi connectivity index (χ3v) is 4.11. The Hall–Kier alpha value is -1.85. The van der Waals surface area contributed by atoms with Gasteiger partial charge in [0.15, 0.2) is 0 Å². The van der Waals surface area contributed by atoms with E-state index in [2.05, 4.69) is 0 Å². The minimum absolute atomic E-state index is 0.203. The van der Waals surface area contributed by atoms with E-state index in [0.717, 1.165) is 0 Å². The van der Waals surface area contributed by atoms with Gasteiger partial charge in [0.25, 0.3) is 0 Å². The van der Waals surface area contributed by atoms with Gasteiger partial charge in [-0.05, 0) is 20.8 Å². The lowest BCUT2D eigenvalue weighted by molar-refractivity contribution is -0.139. The van der Waals surface area contributed by atoms with Crippen LogP contribution in [-0.4, -0.2) is 52.4 Å². The third-order valence-electron chi connectivity index (χ3n) is 4.11. The minimum Gasteiger partial charge on any atom is -0.444 e. The molecule has 108 valence electrons. The molecule has 0 aromatic rings. The molecule has 0 aromatic carbocycles. The lowest BCUT2D eigenvalue weighted by Gasteiger charge is -2.29. The Morgan fingerprint density at radius 1 is 1.10 bits per heavy atom. The lowest BCUT2D eigenvalue weighted by atomic mass is 9.85. The summed E-state index contributed by atoms with van der Waals surface area (Å²) in [6, 6.07) is -0.720. The van der Waals surface area contributed by atoms with Crippen LogP contribution >= 0.6 is 0 Å². The summed E-state index contributed by atoms with van der Waals surface area (Å²) in [5, 5.41) is 0. The van der Waals surface area contributed by atoms with Crippen molar-refractivity contribution in [2.24, 2.45) is 11.8 Å². The van der Waals surface area contributed by atoms with Crippen molar-refractivity contribution in [3.63, 3.8) is 0 Å². The minimum atomic E-state index is -0.598. The summed E-state index contributed by atoms with van der Waals surface area (Å²) in [7, 11) is 1.50. The van der Waals surface area contributed by atoms with E-state index >= 15 is 0 Å². The number of nitrogens with zero attached hydrogens (tertiary/aromatic N) is 2. The number of amides is 3. The number of likely N-dealkylation sites (tertiary alicyclic amines) is 1. The van der Waals surface area contributed by atoms with Gasteiger partial charge in [-0.3, -0.25) is 19.4 Å². The predicted octanol–water partition coefficient (Wildman–Crippen LogP) is 0.775. The first-order valence-electron chi connectivity index (χ1n) is 6.73. The van der Waals surface area contributed by atoms with Crippen molar-refractivity contribution < 1.29 is 19.1 Å². The Labute approximate surface area is 117 Å². The van der Waals surface area contributed by atoms with Crippen LogP contribution in [0.4, 0.5) is 4.79 Å². The second kappa shape index (κ2) is 3.84. The fourth-order valence-electron chi connectivity index (χ4n) is 3.34. The van der Waals surface area contributed by atoms with E-state index in [1.807, 2.05) is 12.2 Å². The van der Waals surface area contributed by atoms with Crippen molar-refractivity contribution in [1.82, 2.24) is 9.80 Å². The van der Waals surface area contributed by atoms with E-state index in [-0.39, 0.29) is 23.9 Å². The lowest BCUT2D eigenvalue weighted by Crippen LogP contribution is -2.44. The highest BCUT2D eigenvalue weighted by atomic mass is 16.6. The predicted molar refractivity (Wildman–Crippen MR) is 69.5 cm³/mol. The first kappa shape index (κ1) is 13.1. The Morgan fingerprint density at radius 2 is 1.55 bits per heavy atom. The molecule has 6 heteroatoms. The molecule has 3 heterocycles. The van der Waals surface area contributed by atoms with Crippen LogP contribution in [0.5, 0.6) is 0 Å². The third kappa shape index (κ3) is 1.60. The van der Waals surface area contributed by atoms with E-state index in [9.17, 15) is 14.4 Å². The van der Waals surface area contributed by atoms with Crippen molar-refractivity contribution in [3.05, 3.63) is 12.2 Å². The molecule has 3 aliphatic heterocycles. The quantitative estimate of drug-likeness (QED) is 0.485. The Morgan fingerprint density at radius 3 is 1.95 bits per heavy atom. The Kier molecular flexibility index (Phi) is 2.52. The van der Waals surface area contributed by atoms with Gasteiger partial charge in [-0.25, -0.2) is 4.79 Å². The van der Waals surface area contributed by atoms with Crippen molar-refractivity contribution in [3.8, 4) is 0 Å². The zero-order valence-electron chi connectivity index (χ0n) is 12.0. The number of hydrogen-bond acceptors (Lipinski definition) is 4. The number of fused-ring (bicyclic) bond motifs is 5. The van der Waals surface area contributed by atoms with Gasteiger partial charge >= 0.3 is 6.09 Å². The number of carbonyl (C=O) groups excluding carboxylic acids is 3. The van der Waals surface area contributed by atoms with Crippen LogP contribution in [0.2, 0.25) is 0 Å². The van der Waals surface area contributed by atoms with Crippen LogP contribution in [0, 0.1) is 11.8 Å². The van der Waals surface area contributed by atoms with Gasteiger partial charge in [-0.2, -0.15) is 0 Å². The van der Waals surface area contributed by atoms with Crippen LogP contribution in [-0.2, 0) is 14.3 Å². The van der Waals surface area contributed by atoms with Gasteiger partial charge in [-0.15, -0.1) is 0 Å². The average molecular weight is 278 g/mol. The summed E-state index contributed by atoms with van der Waals surface area (Å²) in [5.74, 6) is -1.30. The highest BCUT2D eigenvalue weighted by Crippen LogP contribution is 2.47. The maximum atomic E-state index is 12.3. The van der Waals surface area contributed by atoms with Crippen LogP contribution in [0.3, 0.4) is 0 Å². The Bertz CT molecular complexity index is 502. The highest BCUT2D eigenvalue weighted by Gasteiger charge is 2.63. The summed E-state index contributed by atoms with van der Waals surface area (Å²) in [6.07, 6.45) is 3.20. The van der Waals surface area contributed by atoms with E-state index in [1.165, 1.54) is 16.8 Å². The summed E-state index contributed by atoms with van der Waals surface area (Å²) >= 11 is 0. The zero-order chi connectivity index (χ0) is 14.8. The van der Waals surface area contributed by atoms with Gasteiger partial charge in [-0.1, -0.05) is 12.2 Å². The fraction of sp³-hybridized carbons (Fsp3) is 0.643. The molecule has 6 nitrogen and oxygen atoms in total. The maximum Gasteiger partial charge on any atom is 0.411 e. The largest absolute Gasteiger partial charge is 0.444 e. The molecule has 20 heavy (non-hydrogen) atoms. The van der Waals surface area contributed by atoms with E-state index in [0.29, 0.717) is 0 Å².